The molecule has 4 nitrogen and oxygen atoms in total. The lowest BCUT2D eigenvalue weighted by atomic mass is 10.2. The Balaban J connectivity index is 4.17. The van der Waals surface area contributed by atoms with E-state index in [2.05, 4.69) is 18.2 Å². The third-order valence-corrected chi connectivity index (χ3v) is 0.993. The first kappa shape index (κ1) is 9.66. The fourth-order valence-electron chi connectivity index (χ4n) is 0.446. The van der Waals surface area contributed by atoms with E-state index in [1.54, 1.807) is 6.07 Å². The highest BCUT2D eigenvalue weighted by Gasteiger charge is 2.17. The molecule has 1 N–H and O–H groups in total. The summed E-state index contributed by atoms with van der Waals surface area (Å²) in [5.41, 5.74) is -0.267. The first-order chi connectivity index (χ1) is 5.13. The molecule has 0 amide bonds. The van der Waals surface area contributed by atoms with Gasteiger partial charge in [0.2, 0.25) is 0 Å². The Hall–Kier alpha value is -1.34. The second kappa shape index (κ2) is 4.47. The predicted octanol–water partition coefficient (Wildman–Crippen LogP) is 0.370. The zero-order chi connectivity index (χ0) is 8.85. The number of rotatable bonds is 4. The van der Waals surface area contributed by atoms with Crippen molar-refractivity contribution in [2.24, 2.45) is 0 Å². The number of hydrogen-bond donors (Lipinski definition) is 1. The second-order valence-corrected chi connectivity index (χ2v) is 1.71. The molecule has 0 heterocycles. The lowest BCUT2D eigenvalue weighted by Crippen LogP contribution is -2.18. The molecule has 1 atom stereocenters. The van der Waals surface area contributed by atoms with E-state index < -0.39 is 12.1 Å². The van der Waals surface area contributed by atoms with Gasteiger partial charge in [-0.05, 0) is 6.92 Å². The minimum absolute atomic E-state index is 0.0462. The molecule has 1 unspecified atom stereocenters. The van der Waals surface area contributed by atoms with E-state index >= 15 is 0 Å². The van der Waals surface area contributed by atoms with Crippen LogP contribution in [0.5, 0.6) is 0 Å². The molecule has 11 heavy (non-hydrogen) atoms. The van der Waals surface area contributed by atoms with Crippen molar-refractivity contribution < 1.29 is 14.6 Å². The molecule has 0 bridgehead atoms. The van der Waals surface area contributed by atoms with Crippen molar-refractivity contribution in [2.45, 2.75) is 6.10 Å². The highest BCUT2D eigenvalue weighted by molar-refractivity contribution is 5.87. The van der Waals surface area contributed by atoms with Gasteiger partial charge in [0.05, 0.1) is 11.6 Å². The van der Waals surface area contributed by atoms with Gasteiger partial charge in [0.15, 0.2) is 6.10 Å². The normalized spacial score (nSPS) is 11.6. The molecule has 0 aliphatic rings. The summed E-state index contributed by atoms with van der Waals surface area (Å²) >= 11 is 0. The van der Waals surface area contributed by atoms with Crippen LogP contribution < -0.4 is 0 Å². The minimum atomic E-state index is -1.23. The first-order valence-corrected chi connectivity index (χ1v) is 2.86. The maximum Gasteiger partial charge on any atom is 0.334 e. The van der Waals surface area contributed by atoms with Gasteiger partial charge >= 0.3 is 5.97 Å². The van der Waals surface area contributed by atoms with Crippen LogP contribution >= 0.6 is 0 Å². The van der Waals surface area contributed by atoms with Crippen LogP contribution in [0.1, 0.15) is 0 Å². The third kappa shape index (κ3) is 2.83. The van der Waals surface area contributed by atoms with Crippen LogP contribution in [0, 0.1) is 18.3 Å². The molecule has 0 spiro atoms. The van der Waals surface area contributed by atoms with Crippen LogP contribution in [0.25, 0.3) is 0 Å². The molecule has 1 radical (unpaired) electrons. The molecular formula is C7H8NO3. The van der Waals surface area contributed by atoms with Crippen molar-refractivity contribution >= 4 is 5.97 Å². The van der Waals surface area contributed by atoms with Crippen molar-refractivity contribution in [3.8, 4) is 6.07 Å². The van der Waals surface area contributed by atoms with Crippen molar-refractivity contribution in [3.05, 3.63) is 19.1 Å². The monoisotopic (exact) mass is 154 g/mol. The minimum Gasteiger partial charge on any atom is -0.478 e. The summed E-state index contributed by atoms with van der Waals surface area (Å²) < 4.78 is 4.66. The van der Waals surface area contributed by atoms with E-state index in [0.717, 1.165) is 0 Å². The zero-order valence-electron chi connectivity index (χ0n) is 5.91. The SMILES string of the molecule is [CH2]COC(C#N)C(=C)C(=O)O. The van der Waals surface area contributed by atoms with Gasteiger partial charge in [-0.1, -0.05) is 6.58 Å². The quantitative estimate of drug-likeness (QED) is 0.594. The Kier molecular flexibility index (Phi) is 3.93. The van der Waals surface area contributed by atoms with Crippen molar-refractivity contribution in [2.75, 3.05) is 6.61 Å². The maximum atomic E-state index is 10.2. The van der Waals surface area contributed by atoms with Crippen molar-refractivity contribution in [1.82, 2.24) is 0 Å². The summed E-state index contributed by atoms with van der Waals surface area (Å²) in [4.78, 5) is 10.2. The van der Waals surface area contributed by atoms with Gasteiger partial charge in [-0.15, -0.1) is 0 Å². The van der Waals surface area contributed by atoms with Gasteiger partial charge < -0.3 is 9.84 Å². The van der Waals surface area contributed by atoms with E-state index in [4.69, 9.17) is 10.4 Å². The summed E-state index contributed by atoms with van der Waals surface area (Å²) in [6, 6.07) is 1.64. The van der Waals surface area contributed by atoms with E-state index in [1.807, 2.05) is 0 Å². The zero-order valence-corrected chi connectivity index (χ0v) is 5.91. The Labute approximate surface area is 64.7 Å². The van der Waals surface area contributed by atoms with Gasteiger partial charge in [0.25, 0.3) is 0 Å². The van der Waals surface area contributed by atoms with Crippen molar-refractivity contribution in [1.29, 1.82) is 5.26 Å². The molecular weight excluding hydrogens is 146 g/mol. The summed E-state index contributed by atoms with van der Waals surface area (Å²) in [7, 11) is 0. The first-order valence-electron chi connectivity index (χ1n) is 2.86. The van der Waals surface area contributed by atoms with Gasteiger partial charge in [-0.3, -0.25) is 0 Å². The number of carboxylic acids is 1. The Morgan fingerprint density at radius 1 is 1.82 bits per heavy atom. The summed E-state index contributed by atoms with van der Waals surface area (Å²) in [5, 5.41) is 16.7. The molecule has 4 heteroatoms. The Bertz CT molecular complexity index is 204. The number of carboxylic acid groups (broad SMARTS) is 1. The fourth-order valence-corrected chi connectivity index (χ4v) is 0.446. The molecule has 0 aromatic rings. The number of nitrogens with zero attached hydrogens (tertiary/aromatic N) is 1. The van der Waals surface area contributed by atoms with Gasteiger partial charge in [-0.2, -0.15) is 5.26 Å². The van der Waals surface area contributed by atoms with Crippen LogP contribution in [0.2, 0.25) is 0 Å². The molecule has 0 saturated heterocycles. The van der Waals surface area contributed by atoms with Crippen LogP contribution in [0.4, 0.5) is 0 Å². The molecule has 59 valence electrons. The number of aliphatic carboxylic acids is 1. The molecule has 0 saturated carbocycles. The molecule has 0 aliphatic heterocycles. The highest BCUT2D eigenvalue weighted by Crippen LogP contribution is 2.02. The van der Waals surface area contributed by atoms with Crippen LogP contribution in [-0.2, 0) is 9.53 Å². The number of carbonyl (C=O) groups is 1. The summed E-state index contributed by atoms with van der Waals surface area (Å²) in [5.74, 6) is -1.23. The van der Waals surface area contributed by atoms with Gasteiger partial charge in [-0.25, -0.2) is 4.79 Å². The number of nitriles is 1. The molecule has 0 aromatic carbocycles. The average Bonchev–Trinajstić information content (AvgIpc) is 1.98. The van der Waals surface area contributed by atoms with Crippen LogP contribution in [0.3, 0.4) is 0 Å². The average molecular weight is 154 g/mol. The van der Waals surface area contributed by atoms with E-state index in [9.17, 15) is 4.79 Å². The maximum absolute atomic E-state index is 10.2. The summed E-state index contributed by atoms with van der Waals surface area (Å²) in [6.07, 6.45) is -1.09. The van der Waals surface area contributed by atoms with E-state index in [0.29, 0.717) is 0 Å². The van der Waals surface area contributed by atoms with Gasteiger partial charge in [0, 0.05) is 6.61 Å². The molecule has 0 fully saturated rings. The highest BCUT2D eigenvalue weighted by atomic mass is 16.5. The predicted molar refractivity (Wildman–Crippen MR) is 37.5 cm³/mol. The van der Waals surface area contributed by atoms with Crippen LogP contribution in [0.15, 0.2) is 12.2 Å². The van der Waals surface area contributed by atoms with Gasteiger partial charge in [0.1, 0.15) is 0 Å². The largest absolute Gasteiger partial charge is 0.478 e. The summed E-state index contributed by atoms with van der Waals surface area (Å²) in [6.45, 7) is 6.52. The lowest BCUT2D eigenvalue weighted by molar-refractivity contribution is -0.133. The standard InChI is InChI=1S/C7H8NO3/c1-3-11-6(4-8)5(2)7(9)10/h6H,1-3H2,(H,9,10). The fraction of sp³-hybridized carbons (Fsp3) is 0.286. The number of ether oxygens (including phenoxy) is 1. The van der Waals surface area contributed by atoms with Crippen LogP contribution in [-0.4, -0.2) is 23.8 Å². The Morgan fingerprint density at radius 2 is 2.36 bits per heavy atom. The molecule has 0 aromatic heterocycles. The van der Waals surface area contributed by atoms with Crippen molar-refractivity contribution in [3.63, 3.8) is 0 Å². The topological polar surface area (TPSA) is 70.3 Å². The number of hydrogen-bond acceptors (Lipinski definition) is 3. The van der Waals surface area contributed by atoms with E-state index in [-0.39, 0.29) is 12.2 Å². The molecule has 0 rings (SSSR count). The second-order valence-electron chi connectivity index (χ2n) is 1.71. The smallest absolute Gasteiger partial charge is 0.334 e. The third-order valence-electron chi connectivity index (χ3n) is 0.993. The van der Waals surface area contributed by atoms with E-state index in [1.165, 1.54) is 0 Å². The Morgan fingerprint density at radius 3 is 2.64 bits per heavy atom. The molecule has 0 aliphatic carbocycles. The lowest BCUT2D eigenvalue weighted by Gasteiger charge is -2.06.